The third-order valence-electron chi connectivity index (χ3n) is 3.57. The van der Waals surface area contributed by atoms with Crippen LogP contribution in [0.15, 0.2) is 18.2 Å². The van der Waals surface area contributed by atoms with Crippen LogP contribution in [-0.2, 0) is 0 Å². The predicted molar refractivity (Wildman–Crippen MR) is 80.8 cm³/mol. The molecule has 1 heterocycles. The molecule has 0 radical (unpaired) electrons. The number of aliphatic hydroxyl groups excluding tert-OH is 1. The third-order valence-corrected chi connectivity index (χ3v) is 3.57. The lowest BCUT2D eigenvalue weighted by Gasteiger charge is -2.35. The van der Waals surface area contributed by atoms with Crippen molar-refractivity contribution < 1.29 is 14.9 Å². The Bertz CT molecular complexity index is 411. The van der Waals surface area contributed by atoms with E-state index in [0.717, 1.165) is 31.7 Å². The Balaban J connectivity index is 0.00000200. The van der Waals surface area contributed by atoms with Crippen LogP contribution in [0, 0.1) is 0 Å². The van der Waals surface area contributed by atoms with Gasteiger partial charge in [-0.1, -0.05) is 6.07 Å². The molecule has 0 spiro atoms. The number of hydrogen-bond acceptors (Lipinski definition) is 5. The molecule has 0 unspecified atom stereocenters. The molecule has 0 saturated carbocycles. The van der Waals surface area contributed by atoms with E-state index in [2.05, 4.69) is 10.2 Å². The summed E-state index contributed by atoms with van der Waals surface area (Å²) < 4.78 is 5.36. The lowest BCUT2D eigenvalue weighted by Crippen LogP contribution is -2.45. The predicted octanol–water partition coefficient (Wildman–Crippen LogP) is 1.15. The second kappa shape index (κ2) is 8.32. The van der Waals surface area contributed by atoms with Crippen molar-refractivity contribution in [3.05, 3.63) is 23.8 Å². The standard InChI is InChI=1S/C14H22N2O3.ClH/c1-19-14-10-11(18)2-3-12(14)13(4-9-17)16-7-5-15-6-8-16;/h2-3,10,13,15,17-18H,4-9H2,1H3;1H/t13-;/m0./s1. The molecule has 1 aliphatic heterocycles. The number of phenols is 1. The smallest absolute Gasteiger partial charge is 0.127 e. The van der Waals surface area contributed by atoms with Crippen molar-refractivity contribution in [2.45, 2.75) is 12.5 Å². The van der Waals surface area contributed by atoms with Crippen LogP contribution >= 0.6 is 12.4 Å². The van der Waals surface area contributed by atoms with E-state index >= 15 is 0 Å². The minimum Gasteiger partial charge on any atom is -0.508 e. The van der Waals surface area contributed by atoms with Gasteiger partial charge in [-0.3, -0.25) is 4.90 Å². The average molecular weight is 303 g/mol. The number of halogens is 1. The van der Waals surface area contributed by atoms with E-state index in [1.807, 2.05) is 6.07 Å². The van der Waals surface area contributed by atoms with Crippen LogP contribution in [0.1, 0.15) is 18.0 Å². The highest BCUT2D eigenvalue weighted by Crippen LogP contribution is 2.34. The van der Waals surface area contributed by atoms with Crippen molar-refractivity contribution in [3.8, 4) is 11.5 Å². The molecular formula is C14H23ClN2O3. The van der Waals surface area contributed by atoms with Gasteiger partial charge < -0.3 is 20.3 Å². The number of benzene rings is 1. The van der Waals surface area contributed by atoms with Gasteiger partial charge in [0.05, 0.1) is 7.11 Å². The molecule has 0 bridgehead atoms. The van der Waals surface area contributed by atoms with Crippen LogP contribution in [-0.4, -0.2) is 55.0 Å². The Hall–Kier alpha value is -1.01. The number of methoxy groups -OCH3 is 1. The molecule has 1 atom stereocenters. The number of nitrogens with one attached hydrogen (secondary N) is 1. The van der Waals surface area contributed by atoms with Gasteiger partial charge in [-0.15, -0.1) is 12.4 Å². The average Bonchev–Trinajstić information content (AvgIpc) is 2.46. The lowest BCUT2D eigenvalue weighted by atomic mass is 10.00. The number of rotatable bonds is 5. The van der Waals surface area contributed by atoms with Crippen molar-refractivity contribution in [1.82, 2.24) is 10.2 Å². The van der Waals surface area contributed by atoms with Gasteiger partial charge >= 0.3 is 0 Å². The maximum Gasteiger partial charge on any atom is 0.127 e. The van der Waals surface area contributed by atoms with Crippen LogP contribution in [0.3, 0.4) is 0 Å². The van der Waals surface area contributed by atoms with Gasteiger partial charge in [0.2, 0.25) is 0 Å². The molecule has 3 N–H and O–H groups in total. The topological polar surface area (TPSA) is 65.0 Å². The van der Waals surface area contributed by atoms with Gasteiger partial charge in [-0.2, -0.15) is 0 Å². The number of piperazine rings is 1. The summed E-state index contributed by atoms with van der Waals surface area (Å²) in [5, 5.41) is 22.2. The molecule has 114 valence electrons. The van der Waals surface area contributed by atoms with E-state index in [1.165, 1.54) is 0 Å². The molecule has 0 aromatic heterocycles. The molecule has 0 aliphatic carbocycles. The van der Waals surface area contributed by atoms with Crippen molar-refractivity contribution in [1.29, 1.82) is 0 Å². The Labute approximate surface area is 126 Å². The molecule has 1 fully saturated rings. The molecule has 0 amide bonds. The first kappa shape index (κ1) is 17.0. The van der Waals surface area contributed by atoms with Crippen molar-refractivity contribution >= 4 is 12.4 Å². The highest BCUT2D eigenvalue weighted by molar-refractivity contribution is 5.85. The summed E-state index contributed by atoms with van der Waals surface area (Å²) in [6, 6.07) is 5.31. The fourth-order valence-corrected chi connectivity index (χ4v) is 2.63. The summed E-state index contributed by atoms with van der Waals surface area (Å²) >= 11 is 0. The van der Waals surface area contributed by atoms with Crippen molar-refractivity contribution in [2.75, 3.05) is 39.9 Å². The summed E-state index contributed by atoms with van der Waals surface area (Å²) in [4.78, 5) is 2.35. The van der Waals surface area contributed by atoms with Gasteiger partial charge in [0.25, 0.3) is 0 Å². The zero-order valence-corrected chi connectivity index (χ0v) is 12.5. The maximum absolute atomic E-state index is 9.54. The minimum absolute atomic E-state index is 0. The number of ether oxygens (including phenoxy) is 1. The number of nitrogens with zero attached hydrogens (tertiary/aromatic N) is 1. The molecule has 2 rings (SSSR count). The molecule has 1 saturated heterocycles. The molecule has 20 heavy (non-hydrogen) atoms. The van der Waals surface area contributed by atoms with E-state index < -0.39 is 0 Å². The van der Waals surface area contributed by atoms with Crippen LogP contribution in [0.2, 0.25) is 0 Å². The van der Waals surface area contributed by atoms with Gasteiger partial charge in [0, 0.05) is 50.5 Å². The highest BCUT2D eigenvalue weighted by Gasteiger charge is 2.24. The first-order chi connectivity index (χ1) is 9.26. The molecule has 1 aliphatic rings. The quantitative estimate of drug-likeness (QED) is 0.761. The largest absolute Gasteiger partial charge is 0.508 e. The molecule has 6 heteroatoms. The molecule has 1 aromatic carbocycles. The Morgan fingerprint density at radius 1 is 1.35 bits per heavy atom. The number of aromatic hydroxyl groups is 1. The summed E-state index contributed by atoms with van der Waals surface area (Å²) in [5.74, 6) is 0.876. The Morgan fingerprint density at radius 2 is 2.05 bits per heavy atom. The Morgan fingerprint density at radius 3 is 2.65 bits per heavy atom. The Kier molecular flexibility index (Phi) is 7.09. The van der Waals surface area contributed by atoms with Crippen LogP contribution in [0.25, 0.3) is 0 Å². The second-order valence-corrected chi connectivity index (χ2v) is 4.74. The number of phenolic OH excluding ortho intramolecular Hbond substituents is 1. The third kappa shape index (κ3) is 3.99. The fourth-order valence-electron chi connectivity index (χ4n) is 2.63. The van der Waals surface area contributed by atoms with Gasteiger partial charge in [0.1, 0.15) is 11.5 Å². The van der Waals surface area contributed by atoms with Gasteiger partial charge in [-0.25, -0.2) is 0 Å². The van der Waals surface area contributed by atoms with E-state index in [-0.39, 0.29) is 30.8 Å². The maximum atomic E-state index is 9.54. The zero-order valence-electron chi connectivity index (χ0n) is 11.7. The SMILES string of the molecule is COc1cc(O)ccc1[C@H](CCO)N1CCNCC1.Cl. The zero-order chi connectivity index (χ0) is 13.7. The van der Waals surface area contributed by atoms with Gasteiger partial charge in [-0.05, 0) is 12.5 Å². The summed E-state index contributed by atoms with van der Waals surface area (Å²) in [7, 11) is 1.60. The number of aliphatic hydroxyl groups is 1. The highest BCUT2D eigenvalue weighted by atomic mass is 35.5. The normalized spacial score (nSPS) is 17.3. The lowest BCUT2D eigenvalue weighted by molar-refractivity contribution is 0.139. The minimum atomic E-state index is 0. The van der Waals surface area contributed by atoms with E-state index in [1.54, 1.807) is 19.2 Å². The first-order valence-electron chi connectivity index (χ1n) is 6.68. The fraction of sp³-hybridized carbons (Fsp3) is 0.571. The van der Waals surface area contributed by atoms with Crippen LogP contribution < -0.4 is 10.1 Å². The number of hydrogen-bond donors (Lipinski definition) is 3. The summed E-state index contributed by atoms with van der Waals surface area (Å²) in [6.07, 6.45) is 0.668. The summed E-state index contributed by atoms with van der Waals surface area (Å²) in [6.45, 7) is 3.96. The molecule has 1 aromatic rings. The van der Waals surface area contributed by atoms with Crippen LogP contribution in [0.5, 0.6) is 11.5 Å². The summed E-state index contributed by atoms with van der Waals surface area (Å²) in [5.41, 5.74) is 1.02. The monoisotopic (exact) mass is 302 g/mol. The van der Waals surface area contributed by atoms with E-state index in [9.17, 15) is 10.2 Å². The van der Waals surface area contributed by atoms with Crippen LogP contribution in [0.4, 0.5) is 0 Å². The van der Waals surface area contributed by atoms with Crippen molar-refractivity contribution in [2.24, 2.45) is 0 Å². The molecule has 5 nitrogen and oxygen atoms in total. The van der Waals surface area contributed by atoms with E-state index in [0.29, 0.717) is 12.2 Å². The first-order valence-corrected chi connectivity index (χ1v) is 6.68. The second-order valence-electron chi connectivity index (χ2n) is 4.74. The van der Waals surface area contributed by atoms with Gasteiger partial charge in [0.15, 0.2) is 0 Å². The van der Waals surface area contributed by atoms with E-state index in [4.69, 9.17) is 4.74 Å². The van der Waals surface area contributed by atoms with Crippen molar-refractivity contribution in [3.63, 3.8) is 0 Å². The molecular weight excluding hydrogens is 280 g/mol.